The molecule has 0 aromatic carbocycles. The van der Waals surface area contributed by atoms with E-state index in [0.29, 0.717) is 6.04 Å². The summed E-state index contributed by atoms with van der Waals surface area (Å²) >= 11 is 0. The first-order valence-corrected chi connectivity index (χ1v) is 8.07. The second-order valence-electron chi connectivity index (χ2n) is 6.87. The average molecular weight is 280 g/mol. The molecule has 3 fully saturated rings. The molecule has 108 valence electrons. The molecule has 2 aromatic heterocycles. The van der Waals surface area contributed by atoms with Gasteiger partial charge >= 0.3 is 0 Å². The molecule has 3 aliphatic rings. The van der Waals surface area contributed by atoms with Gasteiger partial charge in [-0.15, -0.1) is 0 Å². The lowest BCUT2D eigenvalue weighted by atomic mass is 10.0. The second kappa shape index (κ2) is 4.41. The van der Waals surface area contributed by atoms with Crippen molar-refractivity contribution in [2.24, 2.45) is 23.7 Å². The summed E-state index contributed by atoms with van der Waals surface area (Å²) in [5, 5.41) is 3.88. The van der Waals surface area contributed by atoms with Crippen molar-refractivity contribution in [1.29, 1.82) is 0 Å². The summed E-state index contributed by atoms with van der Waals surface area (Å²) in [6.07, 6.45) is 11.9. The molecule has 0 amide bonds. The molecule has 0 saturated heterocycles. The lowest BCUT2D eigenvalue weighted by molar-refractivity contribution is 0.436. The number of hydrogen-bond donors (Lipinski definition) is 2. The molecule has 0 radical (unpaired) electrons. The van der Waals surface area contributed by atoms with Gasteiger partial charge in [-0.25, -0.2) is 4.98 Å². The number of H-pyrrole nitrogens is 1. The highest BCUT2D eigenvalue weighted by Gasteiger charge is 2.65. The highest BCUT2D eigenvalue weighted by Crippen LogP contribution is 2.66. The number of rotatable bonds is 4. The van der Waals surface area contributed by atoms with Crippen LogP contribution in [0.5, 0.6) is 0 Å². The van der Waals surface area contributed by atoms with Gasteiger partial charge in [0.1, 0.15) is 5.82 Å². The number of nitrogens with zero attached hydrogens (tertiary/aromatic N) is 2. The zero-order valence-electron chi connectivity index (χ0n) is 11.9. The lowest BCUT2D eigenvalue weighted by Crippen LogP contribution is -2.29. The summed E-state index contributed by atoms with van der Waals surface area (Å²) in [6.45, 7) is 0. The Balaban J connectivity index is 1.42. The van der Waals surface area contributed by atoms with Crippen molar-refractivity contribution < 1.29 is 0 Å². The molecule has 2 bridgehead atoms. The molecule has 3 saturated carbocycles. The predicted octanol–water partition coefficient (Wildman–Crippen LogP) is 2.53. The normalized spacial score (nSPS) is 37.4. The maximum atomic E-state index is 4.48. The first kappa shape index (κ1) is 11.9. The zero-order chi connectivity index (χ0) is 13.8. The first-order valence-electron chi connectivity index (χ1n) is 8.07. The minimum Gasteiger partial charge on any atom is -0.347 e. The fourth-order valence-corrected chi connectivity index (χ4v) is 5.06. The minimum atomic E-state index is 0.142. The molecule has 4 heteroatoms. The predicted molar refractivity (Wildman–Crippen MR) is 79.4 cm³/mol. The van der Waals surface area contributed by atoms with E-state index in [-0.39, 0.29) is 6.04 Å². The van der Waals surface area contributed by atoms with Gasteiger partial charge in [0, 0.05) is 30.8 Å². The van der Waals surface area contributed by atoms with Gasteiger partial charge in [0.15, 0.2) is 0 Å². The van der Waals surface area contributed by atoms with Crippen molar-refractivity contribution in [3.8, 4) is 0 Å². The van der Waals surface area contributed by atoms with E-state index < -0.39 is 0 Å². The fraction of sp³-hybridized carbons (Fsp3) is 0.529. The van der Waals surface area contributed by atoms with Crippen LogP contribution in [0.15, 0.2) is 36.9 Å². The molecular formula is C17H20N4. The van der Waals surface area contributed by atoms with Crippen molar-refractivity contribution in [2.75, 3.05) is 0 Å². The van der Waals surface area contributed by atoms with Crippen LogP contribution < -0.4 is 5.32 Å². The van der Waals surface area contributed by atoms with E-state index in [9.17, 15) is 0 Å². The third-order valence-corrected chi connectivity index (χ3v) is 5.90. The van der Waals surface area contributed by atoms with Crippen LogP contribution in [-0.4, -0.2) is 21.0 Å². The Kier molecular flexibility index (Phi) is 2.50. The Bertz CT molecular complexity index is 608. The number of pyridine rings is 1. The van der Waals surface area contributed by atoms with Gasteiger partial charge in [-0.05, 0) is 54.6 Å². The molecular weight excluding hydrogens is 260 g/mol. The number of hydrogen-bond acceptors (Lipinski definition) is 3. The van der Waals surface area contributed by atoms with Crippen LogP contribution in [0.4, 0.5) is 0 Å². The van der Waals surface area contributed by atoms with Crippen LogP contribution in [-0.2, 0) is 0 Å². The number of fused-ring (bicyclic) bond motifs is 5. The molecule has 5 rings (SSSR count). The van der Waals surface area contributed by atoms with Crippen molar-refractivity contribution in [2.45, 2.75) is 31.3 Å². The molecule has 4 nitrogen and oxygen atoms in total. The highest BCUT2D eigenvalue weighted by atomic mass is 15.1. The van der Waals surface area contributed by atoms with Gasteiger partial charge in [-0.2, -0.15) is 0 Å². The van der Waals surface area contributed by atoms with Gasteiger partial charge in [0.25, 0.3) is 0 Å². The minimum absolute atomic E-state index is 0.142. The summed E-state index contributed by atoms with van der Waals surface area (Å²) in [4.78, 5) is 12.0. The van der Waals surface area contributed by atoms with Crippen LogP contribution in [0.2, 0.25) is 0 Å². The Labute approximate surface area is 124 Å². The van der Waals surface area contributed by atoms with E-state index >= 15 is 0 Å². The monoisotopic (exact) mass is 280 g/mol. The summed E-state index contributed by atoms with van der Waals surface area (Å²) in [7, 11) is 0. The first-order chi connectivity index (χ1) is 10.4. The third kappa shape index (κ3) is 1.78. The Hall–Kier alpha value is -1.68. The molecule has 0 aliphatic heterocycles. The van der Waals surface area contributed by atoms with E-state index in [4.69, 9.17) is 0 Å². The molecule has 5 atom stereocenters. The smallest absolute Gasteiger partial charge is 0.127 e. The third-order valence-electron chi connectivity index (χ3n) is 5.90. The summed E-state index contributed by atoms with van der Waals surface area (Å²) < 4.78 is 0. The number of imidazole rings is 1. The standard InChI is InChI=1S/C17H20N4/c1-2-12(9-18-5-1)15(17-19-6-7-20-17)21-16-13-10-3-4-11(8-10)14(13)16/h1-2,5-7,9-11,13-16,21H,3-4,8H2,(H,19,20). The number of aromatic nitrogens is 3. The largest absolute Gasteiger partial charge is 0.347 e. The number of aromatic amines is 1. The maximum Gasteiger partial charge on any atom is 0.127 e. The lowest BCUT2D eigenvalue weighted by Gasteiger charge is -2.19. The molecule has 21 heavy (non-hydrogen) atoms. The zero-order valence-corrected chi connectivity index (χ0v) is 11.9. The second-order valence-corrected chi connectivity index (χ2v) is 6.87. The summed E-state index contributed by atoms with van der Waals surface area (Å²) in [5.41, 5.74) is 1.20. The maximum absolute atomic E-state index is 4.48. The Morgan fingerprint density at radius 1 is 1.19 bits per heavy atom. The van der Waals surface area contributed by atoms with Gasteiger partial charge in [-0.1, -0.05) is 6.07 Å². The average Bonchev–Trinajstić information content (AvgIpc) is 3.00. The van der Waals surface area contributed by atoms with Crippen LogP contribution in [0, 0.1) is 23.7 Å². The van der Waals surface area contributed by atoms with Gasteiger partial charge in [-0.3, -0.25) is 4.98 Å². The highest BCUT2D eigenvalue weighted by molar-refractivity contribution is 5.25. The van der Waals surface area contributed by atoms with Gasteiger partial charge < -0.3 is 10.3 Å². The fourth-order valence-electron chi connectivity index (χ4n) is 5.06. The molecule has 2 N–H and O–H groups in total. The number of nitrogens with one attached hydrogen (secondary N) is 2. The van der Waals surface area contributed by atoms with E-state index in [0.717, 1.165) is 29.5 Å². The molecule has 5 unspecified atom stereocenters. The summed E-state index contributed by atoms with van der Waals surface area (Å²) in [5.74, 6) is 4.84. The molecule has 0 spiro atoms. The quantitative estimate of drug-likeness (QED) is 0.905. The van der Waals surface area contributed by atoms with E-state index in [1.54, 1.807) is 0 Å². The molecule has 3 aliphatic carbocycles. The van der Waals surface area contributed by atoms with Crippen LogP contribution in [0.3, 0.4) is 0 Å². The Morgan fingerprint density at radius 3 is 2.71 bits per heavy atom. The van der Waals surface area contributed by atoms with Crippen molar-refractivity contribution >= 4 is 0 Å². The molecule has 2 aromatic rings. The van der Waals surface area contributed by atoms with E-state index in [1.165, 1.54) is 24.8 Å². The van der Waals surface area contributed by atoms with Crippen molar-refractivity contribution in [3.05, 3.63) is 48.3 Å². The van der Waals surface area contributed by atoms with Crippen LogP contribution >= 0.6 is 0 Å². The van der Waals surface area contributed by atoms with Crippen LogP contribution in [0.1, 0.15) is 36.7 Å². The van der Waals surface area contributed by atoms with Gasteiger partial charge in [0.2, 0.25) is 0 Å². The van der Waals surface area contributed by atoms with Crippen molar-refractivity contribution in [3.63, 3.8) is 0 Å². The topological polar surface area (TPSA) is 53.6 Å². The molecule has 2 heterocycles. The van der Waals surface area contributed by atoms with E-state index in [2.05, 4.69) is 26.3 Å². The van der Waals surface area contributed by atoms with Crippen LogP contribution in [0.25, 0.3) is 0 Å². The Morgan fingerprint density at radius 2 is 2.05 bits per heavy atom. The summed E-state index contributed by atoms with van der Waals surface area (Å²) in [6, 6.07) is 4.97. The SMILES string of the molecule is c1cncc(C(NC2C3C4CCC(C4)C23)c2ncc[nH]2)c1. The van der Waals surface area contributed by atoms with E-state index in [1.807, 2.05) is 30.9 Å². The van der Waals surface area contributed by atoms with Crippen molar-refractivity contribution in [1.82, 2.24) is 20.3 Å². The van der Waals surface area contributed by atoms with Gasteiger partial charge in [0.05, 0.1) is 6.04 Å².